The number of hydrogen-bond donors (Lipinski definition) is 0. The van der Waals surface area contributed by atoms with Crippen molar-refractivity contribution in [3.05, 3.63) is 34.3 Å². The van der Waals surface area contributed by atoms with Gasteiger partial charge in [0, 0.05) is 11.1 Å². The Bertz CT molecular complexity index is 396. The molecule has 1 aliphatic carbocycles. The maximum absolute atomic E-state index is 6.32. The van der Waals surface area contributed by atoms with Gasteiger partial charge in [-0.1, -0.05) is 30.7 Å². The van der Waals surface area contributed by atoms with Gasteiger partial charge in [-0.05, 0) is 55.5 Å². The standard InChI is InChI=1S/C14H18ClN/c1-10-13(16-7-2-3-8-16)9-11-5-4-6-12(15)14(10)11/h4-6,10,13H,2-3,7-9H2,1H3/t10-,13+/m0/s1. The van der Waals surface area contributed by atoms with Crippen LogP contribution in [0, 0.1) is 0 Å². The molecule has 1 aliphatic heterocycles. The van der Waals surface area contributed by atoms with Crippen LogP contribution in [0.5, 0.6) is 0 Å². The van der Waals surface area contributed by atoms with E-state index in [0.717, 1.165) is 5.02 Å². The number of halogens is 1. The van der Waals surface area contributed by atoms with Crippen LogP contribution in [0.1, 0.15) is 36.8 Å². The van der Waals surface area contributed by atoms with Crippen LogP contribution < -0.4 is 0 Å². The molecule has 2 atom stereocenters. The monoisotopic (exact) mass is 235 g/mol. The molecule has 0 amide bonds. The zero-order valence-corrected chi connectivity index (χ0v) is 10.5. The zero-order valence-electron chi connectivity index (χ0n) is 9.75. The lowest BCUT2D eigenvalue weighted by atomic mass is 10.00. The van der Waals surface area contributed by atoms with Gasteiger partial charge in [-0.3, -0.25) is 4.90 Å². The molecule has 0 spiro atoms. The Balaban J connectivity index is 1.91. The van der Waals surface area contributed by atoms with Gasteiger partial charge < -0.3 is 0 Å². The SMILES string of the molecule is C[C@@H]1c2c(Cl)cccc2C[C@H]1N1CCCC1. The predicted octanol–water partition coefficient (Wildman–Crippen LogP) is 3.46. The Morgan fingerprint density at radius 2 is 2.00 bits per heavy atom. The summed E-state index contributed by atoms with van der Waals surface area (Å²) in [4.78, 5) is 2.65. The molecular weight excluding hydrogens is 218 g/mol. The fourth-order valence-electron chi connectivity index (χ4n) is 3.38. The van der Waals surface area contributed by atoms with Gasteiger partial charge in [0.2, 0.25) is 0 Å². The van der Waals surface area contributed by atoms with Gasteiger partial charge in [0.15, 0.2) is 0 Å². The fourth-order valence-corrected chi connectivity index (χ4v) is 3.75. The average molecular weight is 236 g/mol. The molecule has 1 heterocycles. The van der Waals surface area contributed by atoms with E-state index in [2.05, 4.69) is 24.0 Å². The van der Waals surface area contributed by atoms with Gasteiger partial charge in [0.05, 0.1) is 0 Å². The summed E-state index contributed by atoms with van der Waals surface area (Å²) in [5, 5.41) is 0.965. The number of rotatable bonds is 1. The summed E-state index contributed by atoms with van der Waals surface area (Å²) < 4.78 is 0. The number of hydrogen-bond acceptors (Lipinski definition) is 1. The van der Waals surface area contributed by atoms with E-state index in [9.17, 15) is 0 Å². The molecule has 2 heteroatoms. The highest BCUT2D eigenvalue weighted by atomic mass is 35.5. The third kappa shape index (κ3) is 1.57. The first kappa shape index (κ1) is 10.6. The summed E-state index contributed by atoms with van der Waals surface area (Å²) >= 11 is 6.32. The minimum absolute atomic E-state index is 0.599. The first-order valence-corrected chi connectivity index (χ1v) is 6.66. The minimum atomic E-state index is 0.599. The third-order valence-corrected chi connectivity index (χ3v) is 4.54. The van der Waals surface area contributed by atoms with Crippen LogP contribution in [0.3, 0.4) is 0 Å². The predicted molar refractivity (Wildman–Crippen MR) is 68.2 cm³/mol. The summed E-state index contributed by atoms with van der Waals surface area (Å²) in [5.41, 5.74) is 2.87. The summed E-state index contributed by atoms with van der Waals surface area (Å²) in [6.07, 6.45) is 3.93. The van der Waals surface area contributed by atoms with Gasteiger partial charge in [0.1, 0.15) is 0 Å². The maximum Gasteiger partial charge on any atom is 0.0444 e. The van der Waals surface area contributed by atoms with Crippen LogP contribution in [-0.4, -0.2) is 24.0 Å². The lowest BCUT2D eigenvalue weighted by Crippen LogP contribution is -2.35. The molecule has 0 unspecified atom stereocenters. The molecule has 0 saturated carbocycles. The van der Waals surface area contributed by atoms with E-state index < -0.39 is 0 Å². The van der Waals surface area contributed by atoms with Crippen molar-refractivity contribution in [2.45, 2.75) is 38.1 Å². The second kappa shape index (κ2) is 4.05. The Hall–Kier alpha value is -0.530. The molecule has 1 nitrogen and oxygen atoms in total. The number of likely N-dealkylation sites (tertiary alicyclic amines) is 1. The fraction of sp³-hybridized carbons (Fsp3) is 0.571. The van der Waals surface area contributed by atoms with E-state index >= 15 is 0 Å². The van der Waals surface area contributed by atoms with E-state index in [1.54, 1.807) is 0 Å². The van der Waals surface area contributed by atoms with Crippen molar-refractivity contribution in [3.63, 3.8) is 0 Å². The van der Waals surface area contributed by atoms with Crippen molar-refractivity contribution in [2.75, 3.05) is 13.1 Å². The second-order valence-corrected chi connectivity index (χ2v) is 5.52. The van der Waals surface area contributed by atoms with Crippen molar-refractivity contribution in [1.29, 1.82) is 0 Å². The number of benzene rings is 1. The van der Waals surface area contributed by atoms with Gasteiger partial charge in [-0.15, -0.1) is 0 Å². The molecule has 1 fully saturated rings. The molecule has 0 N–H and O–H groups in total. The van der Waals surface area contributed by atoms with Crippen LogP contribution in [0.4, 0.5) is 0 Å². The van der Waals surface area contributed by atoms with Crippen LogP contribution in [0.15, 0.2) is 18.2 Å². The Labute approximate surface area is 102 Å². The normalized spacial score (nSPS) is 29.6. The maximum atomic E-state index is 6.32. The van der Waals surface area contributed by atoms with Crippen LogP contribution >= 0.6 is 11.6 Å². The second-order valence-electron chi connectivity index (χ2n) is 5.12. The highest BCUT2D eigenvalue weighted by Crippen LogP contribution is 2.40. The van der Waals surface area contributed by atoms with Crippen molar-refractivity contribution in [1.82, 2.24) is 4.90 Å². The van der Waals surface area contributed by atoms with Crippen LogP contribution in [0.2, 0.25) is 5.02 Å². The summed E-state index contributed by atoms with van der Waals surface area (Å²) in [6.45, 7) is 4.89. The van der Waals surface area contributed by atoms with E-state index in [4.69, 9.17) is 11.6 Å². The van der Waals surface area contributed by atoms with Gasteiger partial charge >= 0.3 is 0 Å². The van der Waals surface area contributed by atoms with Gasteiger partial charge in [-0.2, -0.15) is 0 Å². The number of fused-ring (bicyclic) bond motifs is 1. The van der Waals surface area contributed by atoms with Crippen molar-refractivity contribution >= 4 is 11.6 Å². The van der Waals surface area contributed by atoms with E-state index in [1.807, 2.05) is 6.07 Å². The van der Waals surface area contributed by atoms with E-state index in [0.29, 0.717) is 12.0 Å². The topological polar surface area (TPSA) is 3.24 Å². The molecule has 1 aromatic rings. The molecule has 0 aromatic heterocycles. The molecule has 0 radical (unpaired) electrons. The quantitative estimate of drug-likeness (QED) is 0.721. The molecule has 1 saturated heterocycles. The molecular formula is C14H18ClN. The first-order valence-electron chi connectivity index (χ1n) is 6.28. The lowest BCUT2D eigenvalue weighted by molar-refractivity contribution is 0.227. The van der Waals surface area contributed by atoms with E-state index in [-0.39, 0.29) is 0 Å². The Morgan fingerprint density at radius 1 is 1.25 bits per heavy atom. The third-order valence-electron chi connectivity index (χ3n) is 4.21. The largest absolute Gasteiger partial charge is 0.299 e. The van der Waals surface area contributed by atoms with Crippen LogP contribution in [-0.2, 0) is 6.42 Å². The molecule has 86 valence electrons. The van der Waals surface area contributed by atoms with Crippen LogP contribution in [0.25, 0.3) is 0 Å². The van der Waals surface area contributed by atoms with Crippen molar-refractivity contribution < 1.29 is 0 Å². The first-order chi connectivity index (χ1) is 7.77. The molecule has 1 aromatic carbocycles. The summed E-state index contributed by atoms with van der Waals surface area (Å²) in [5.74, 6) is 0.599. The summed E-state index contributed by atoms with van der Waals surface area (Å²) in [6, 6.07) is 7.05. The van der Waals surface area contributed by atoms with Gasteiger partial charge in [-0.25, -0.2) is 0 Å². The highest BCUT2D eigenvalue weighted by molar-refractivity contribution is 6.31. The minimum Gasteiger partial charge on any atom is -0.299 e. The van der Waals surface area contributed by atoms with Crippen molar-refractivity contribution in [3.8, 4) is 0 Å². The average Bonchev–Trinajstić information content (AvgIpc) is 2.86. The molecule has 0 bridgehead atoms. The van der Waals surface area contributed by atoms with E-state index in [1.165, 1.54) is 43.5 Å². The molecule has 2 aliphatic rings. The Kier molecular flexibility index (Phi) is 2.68. The molecule has 3 rings (SSSR count). The Morgan fingerprint density at radius 3 is 2.69 bits per heavy atom. The molecule has 16 heavy (non-hydrogen) atoms. The summed E-state index contributed by atoms with van der Waals surface area (Å²) in [7, 11) is 0. The lowest BCUT2D eigenvalue weighted by Gasteiger charge is -2.27. The number of nitrogens with zero attached hydrogens (tertiary/aromatic N) is 1. The van der Waals surface area contributed by atoms with Gasteiger partial charge in [0.25, 0.3) is 0 Å². The van der Waals surface area contributed by atoms with Crippen molar-refractivity contribution in [2.24, 2.45) is 0 Å². The highest BCUT2D eigenvalue weighted by Gasteiger charge is 2.35. The zero-order chi connectivity index (χ0) is 11.1. The smallest absolute Gasteiger partial charge is 0.0444 e.